The minimum atomic E-state index is -3.05. The third-order valence-electron chi connectivity index (χ3n) is 2.90. The predicted molar refractivity (Wildman–Crippen MR) is 63.3 cm³/mol. The number of hydrogen-bond donors (Lipinski definition) is 0. The van der Waals surface area contributed by atoms with Crippen LogP contribution in [0.5, 0.6) is 0 Å². The second kappa shape index (κ2) is 4.04. The third-order valence-corrected chi connectivity index (χ3v) is 3.98. The summed E-state index contributed by atoms with van der Waals surface area (Å²) >= 11 is 6.00. The van der Waals surface area contributed by atoms with Crippen molar-refractivity contribution in [2.45, 2.75) is 32.1 Å². The Morgan fingerprint density at radius 3 is 2.88 bits per heavy atom. The molecule has 1 aromatic heterocycles. The summed E-state index contributed by atoms with van der Waals surface area (Å²) in [6.07, 6.45) is 3.16. The van der Waals surface area contributed by atoms with Crippen molar-refractivity contribution in [2.75, 3.05) is 6.26 Å². The van der Waals surface area contributed by atoms with Crippen molar-refractivity contribution in [3.05, 3.63) is 16.7 Å². The van der Waals surface area contributed by atoms with Gasteiger partial charge in [0.05, 0.1) is 11.4 Å². The molecule has 0 N–H and O–H groups in total. The van der Waals surface area contributed by atoms with Gasteiger partial charge in [0.25, 0.3) is 0 Å². The molecule has 1 unspecified atom stereocenters. The lowest BCUT2D eigenvalue weighted by Crippen LogP contribution is -2.18. The monoisotopic (exact) mass is 262 g/mol. The van der Waals surface area contributed by atoms with E-state index in [1.54, 1.807) is 0 Å². The standard InChI is InChI=1S/C10H15ClN2O2S/c1-7-3-4-13-9(5-7)8(12-10(13)11)6-16(2,14)15/h7H,3-6H2,1-2H3. The van der Waals surface area contributed by atoms with Crippen molar-refractivity contribution in [1.82, 2.24) is 9.55 Å². The number of rotatable bonds is 2. The molecule has 1 aliphatic heterocycles. The zero-order valence-corrected chi connectivity index (χ0v) is 11.0. The van der Waals surface area contributed by atoms with Crippen LogP contribution < -0.4 is 0 Å². The highest BCUT2D eigenvalue weighted by Crippen LogP contribution is 2.27. The second-order valence-electron chi connectivity index (χ2n) is 4.59. The van der Waals surface area contributed by atoms with E-state index in [-0.39, 0.29) is 5.75 Å². The van der Waals surface area contributed by atoms with Gasteiger partial charge >= 0.3 is 0 Å². The number of aromatic nitrogens is 2. The Morgan fingerprint density at radius 1 is 1.56 bits per heavy atom. The van der Waals surface area contributed by atoms with Crippen LogP contribution in [0, 0.1) is 5.92 Å². The molecule has 2 heterocycles. The normalized spacial score (nSPS) is 20.8. The van der Waals surface area contributed by atoms with Crippen LogP contribution >= 0.6 is 11.6 Å². The molecule has 0 radical (unpaired) electrons. The summed E-state index contributed by atoms with van der Waals surface area (Å²) in [6, 6.07) is 0. The van der Waals surface area contributed by atoms with Crippen LogP contribution in [0.4, 0.5) is 0 Å². The van der Waals surface area contributed by atoms with Crippen molar-refractivity contribution < 1.29 is 8.42 Å². The lowest BCUT2D eigenvalue weighted by Gasteiger charge is -2.21. The first kappa shape index (κ1) is 11.9. The molecule has 0 aliphatic carbocycles. The van der Waals surface area contributed by atoms with Crippen molar-refractivity contribution >= 4 is 21.4 Å². The topological polar surface area (TPSA) is 52.0 Å². The van der Waals surface area contributed by atoms with Crippen molar-refractivity contribution in [3.8, 4) is 0 Å². The Labute approximate surface area is 101 Å². The van der Waals surface area contributed by atoms with Gasteiger partial charge in [-0.1, -0.05) is 6.92 Å². The van der Waals surface area contributed by atoms with Crippen LogP contribution in [0.2, 0.25) is 5.28 Å². The van der Waals surface area contributed by atoms with Gasteiger partial charge in [0.2, 0.25) is 5.28 Å². The Bertz CT molecular complexity index is 507. The molecule has 16 heavy (non-hydrogen) atoms. The molecule has 0 fully saturated rings. The summed E-state index contributed by atoms with van der Waals surface area (Å²) in [7, 11) is -3.05. The van der Waals surface area contributed by atoms with Gasteiger partial charge in [-0.3, -0.25) is 0 Å². The number of fused-ring (bicyclic) bond motifs is 1. The average Bonchev–Trinajstić information content (AvgIpc) is 2.40. The van der Waals surface area contributed by atoms with E-state index in [0.29, 0.717) is 16.9 Å². The molecule has 1 atom stereocenters. The molecule has 1 aromatic rings. The Kier molecular flexibility index (Phi) is 3.01. The molecule has 0 amide bonds. The minimum Gasteiger partial charge on any atom is -0.319 e. The van der Waals surface area contributed by atoms with Crippen LogP contribution in [0.25, 0.3) is 0 Å². The first-order chi connectivity index (χ1) is 7.37. The van der Waals surface area contributed by atoms with Crippen LogP contribution in [0.1, 0.15) is 24.7 Å². The van der Waals surface area contributed by atoms with Crippen LogP contribution in [-0.2, 0) is 28.6 Å². The molecule has 0 aromatic carbocycles. The molecule has 1 aliphatic rings. The SMILES string of the molecule is CC1CCn2c(Cl)nc(CS(C)(=O)=O)c2C1. The molecular formula is C10H15ClN2O2S. The molecule has 6 heteroatoms. The Morgan fingerprint density at radius 2 is 2.25 bits per heavy atom. The number of sulfone groups is 1. The molecule has 0 saturated heterocycles. The molecule has 0 bridgehead atoms. The lowest BCUT2D eigenvalue weighted by molar-refractivity contribution is 0.415. The second-order valence-corrected chi connectivity index (χ2v) is 7.07. The predicted octanol–water partition coefficient (Wildman–Crippen LogP) is 1.66. The maximum atomic E-state index is 11.3. The fourth-order valence-electron chi connectivity index (χ4n) is 2.10. The fraction of sp³-hybridized carbons (Fsp3) is 0.700. The molecule has 90 valence electrons. The zero-order chi connectivity index (χ0) is 11.9. The first-order valence-electron chi connectivity index (χ1n) is 5.28. The molecule has 0 saturated carbocycles. The van der Waals surface area contributed by atoms with Gasteiger partial charge in [-0.05, 0) is 30.4 Å². The lowest BCUT2D eigenvalue weighted by atomic mass is 9.97. The van der Waals surface area contributed by atoms with Crippen LogP contribution in [-0.4, -0.2) is 24.2 Å². The van der Waals surface area contributed by atoms with E-state index in [0.717, 1.165) is 25.1 Å². The summed E-state index contributed by atoms with van der Waals surface area (Å²) in [5.74, 6) is 0.556. The number of nitrogens with zero attached hydrogens (tertiary/aromatic N) is 2. The molecule has 0 spiro atoms. The average molecular weight is 263 g/mol. The van der Waals surface area contributed by atoms with E-state index < -0.39 is 9.84 Å². The third kappa shape index (κ3) is 2.40. The largest absolute Gasteiger partial charge is 0.319 e. The quantitative estimate of drug-likeness (QED) is 0.815. The van der Waals surface area contributed by atoms with Gasteiger partial charge in [0.15, 0.2) is 9.84 Å². The van der Waals surface area contributed by atoms with Gasteiger partial charge in [-0.15, -0.1) is 0 Å². The van der Waals surface area contributed by atoms with Crippen molar-refractivity contribution in [2.24, 2.45) is 5.92 Å². The summed E-state index contributed by atoms with van der Waals surface area (Å²) in [5.41, 5.74) is 1.62. The minimum absolute atomic E-state index is 0.0121. The maximum absolute atomic E-state index is 11.3. The summed E-state index contributed by atoms with van der Waals surface area (Å²) in [5, 5.41) is 0.417. The van der Waals surface area contributed by atoms with Crippen LogP contribution in [0.3, 0.4) is 0 Å². The highest BCUT2D eigenvalue weighted by Gasteiger charge is 2.24. The zero-order valence-electron chi connectivity index (χ0n) is 9.40. The first-order valence-corrected chi connectivity index (χ1v) is 7.72. The van der Waals surface area contributed by atoms with E-state index >= 15 is 0 Å². The van der Waals surface area contributed by atoms with Crippen molar-refractivity contribution in [3.63, 3.8) is 0 Å². The number of halogens is 1. The highest BCUT2D eigenvalue weighted by molar-refractivity contribution is 7.89. The van der Waals surface area contributed by atoms with Crippen LogP contribution in [0.15, 0.2) is 0 Å². The van der Waals surface area contributed by atoms with E-state index in [9.17, 15) is 8.42 Å². The summed E-state index contributed by atoms with van der Waals surface area (Å²) < 4.78 is 24.5. The van der Waals surface area contributed by atoms with E-state index in [4.69, 9.17) is 11.6 Å². The van der Waals surface area contributed by atoms with Gasteiger partial charge < -0.3 is 4.57 Å². The molecule has 2 rings (SSSR count). The fourth-order valence-corrected chi connectivity index (χ4v) is 3.12. The number of hydrogen-bond acceptors (Lipinski definition) is 3. The maximum Gasteiger partial charge on any atom is 0.203 e. The van der Waals surface area contributed by atoms with Gasteiger partial charge in [-0.25, -0.2) is 13.4 Å². The Balaban J connectivity index is 2.40. The summed E-state index contributed by atoms with van der Waals surface area (Å²) in [4.78, 5) is 4.16. The van der Waals surface area contributed by atoms with E-state index in [2.05, 4.69) is 11.9 Å². The Hall–Kier alpha value is -0.550. The van der Waals surface area contributed by atoms with E-state index in [1.807, 2.05) is 4.57 Å². The van der Waals surface area contributed by atoms with Crippen molar-refractivity contribution in [1.29, 1.82) is 0 Å². The molecule has 4 nitrogen and oxygen atoms in total. The van der Waals surface area contributed by atoms with Gasteiger partial charge in [0, 0.05) is 18.5 Å². The smallest absolute Gasteiger partial charge is 0.203 e. The van der Waals surface area contributed by atoms with E-state index in [1.165, 1.54) is 6.26 Å². The van der Waals surface area contributed by atoms with Gasteiger partial charge in [-0.2, -0.15) is 0 Å². The summed E-state index contributed by atoms with van der Waals surface area (Å²) in [6.45, 7) is 3.00. The van der Waals surface area contributed by atoms with Gasteiger partial charge in [0.1, 0.15) is 0 Å². The molecular weight excluding hydrogens is 248 g/mol. The number of imidazole rings is 1. The highest BCUT2D eigenvalue weighted by atomic mass is 35.5.